The van der Waals surface area contributed by atoms with Gasteiger partial charge in [-0.3, -0.25) is 4.79 Å². The molecule has 0 heterocycles. The van der Waals surface area contributed by atoms with Crippen LogP contribution in [0.1, 0.15) is 58.3 Å². The fraction of sp³-hybridized carbons (Fsp3) is 0.650. The third-order valence-electron chi connectivity index (χ3n) is 7.29. The highest BCUT2D eigenvalue weighted by atomic mass is 79.9. The maximum absolute atomic E-state index is 11.7. The van der Waals surface area contributed by atoms with Crippen LogP contribution in [0.3, 0.4) is 0 Å². The molecule has 4 aliphatic rings. The number of carbonyl (C=O) groups excluding carboxylic acids is 1. The van der Waals surface area contributed by atoms with Crippen molar-refractivity contribution in [2.24, 2.45) is 17.3 Å². The monoisotopic (exact) mass is 376 g/mol. The molecule has 0 aromatic carbocycles. The van der Waals surface area contributed by atoms with Crippen molar-refractivity contribution in [1.29, 1.82) is 0 Å². The number of hydrogen-bond acceptors (Lipinski definition) is 2. The summed E-state index contributed by atoms with van der Waals surface area (Å²) in [6, 6.07) is 0. The Kier molecular flexibility index (Phi) is 3.73. The molecule has 4 aliphatic carbocycles. The fourth-order valence-electron chi connectivity index (χ4n) is 5.96. The molecule has 4 rings (SSSR count). The Bertz CT molecular complexity index is 644. The normalized spacial score (nSPS) is 43.3. The first-order valence-corrected chi connectivity index (χ1v) is 9.86. The Morgan fingerprint density at radius 3 is 2.83 bits per heavy atom. The maximum Gasteiger partial charge on any atom is 0.156 e. The van der Waals surface area contributed by atoms with Crippen LogP contribution >= 0.6 is 15.9 Å². The third-order valence-corrected chi connectivity index (χ3v) is 7.55. The second-order valence-corrected chi connectivity index (χ2v) is 8.59. The average molecular weight is 377 g/mol. The maximum atomic E-state index is 11.7. The Morgan fingerprint density at radius 1 is 1.22 bits per heavy atom. The van der Waals surface area contributed by atoms with Crippen LogP contribution in [0.25, 0.3) is 0 Å². The van der Waals surface area contributed by atoms with Crippen molar-refractivity contribution in [3.63, 3.8) is 0 Å². The predicted molar refractivity (Wildman–Crippen MR) is 95.2 cm³/mol. The Hall–Kier alpha value is -0.670. The zero-order chi connectivity index (χ0) is 16.2. The summed E-state index contributed by atoms with van der Waals surface area (Å²) in [6.07, 6.45) is 11.9. The van der Waals surface area contributed by atoms with Gasteiger partial charge in [-0.15, -0.1) is 0 Å². The summed E-state index contributed by atoms with van der Waals surface area (Å²) in [6.45, 7) is 2.30. The van der Waals surface area contributed by atoms with Crippen LogP contribution < -0.4 is 0 Å². The molecule has 1 N–H and O–H groups in total. The van der Waals surface area contributed by atoms with Crippen LogP contribution in [0.4, 0.5) is 0 Å². The SMILES string of the molecule is C[C@]12CCC3=C4CCC(=O)C=C4CC[C@H]3[C@@H]1CC[C@@]2(O)C=CBr. The fourth-order valence-corrected chi connectivity index (χ4v) is 6.40. The van der Waals surface area contributed by atoms with Crippen LogP contribution in [0.5, 0.6) is 0 Å². The molecule has 0 unspecified atom stereocenters. The van der Waals surface area contributed by atoms with Crippen LogP contribution in [-0.4, -0.2) is 16.5 Å². The van der Waals surface area contributed by atoms with E-state index in [1.807, 2.05) is 17.1 Å². The highest BCUT2D eigenvalue weighted by Crippen LogP contribution is 2.63. The summed E-state index contributed by atoms with van der Waals surface area (Å²) in [5.41, 5.74) is 3.77. The number of carbonyl (C=O) groups is 1. The number of hydrogen-bond donors (Lipinski definition) is 1. The molecule has 0 spiro atoms. The summed E-state index contributed by atoms with van der Waals surface area (Å²) in [4.78, 5) is 13.6. The second-order valence-electron chi connectivity index (χ2n) is 8.06. The van der Waals surface area contributed by atoms with E-state index in [0.717, 1.165) is 44.9 Å². The minimum Gasteiger partial charge on any atom is -0.385 e. The molecule has 2 fully saturated rings. The molecule has 3 heteroatoms. The molecule has 124 valence electrons. The van der Waals surface area contributed by atoms with E-state index in [4.69, 9.17) is 0 Å². The minimum atomic E-state index is -0.671. The van der Waals surface area contributed by atoms with Gasteiger partial charge in [0.2, 0.25) is 0 Å². The van der Waals surface area contributed by atoms with E-state index in [0.29, 0.717) is 24.0 Å². The first-order valence-electron chi connectivity index (χ1n) is 8.94. The molecule has 0 radical (unpaired) electrons. The lowest BCUT2D eigenvalue weighted by Crippen LogP contribution is -2.48. The molecule has 0 saturated heterocycles. The lowest BCUT2D eigenvalue weighted by atomic mass is 9.55. The van der Waals surface area contributed by atoms with Crippen LogP contribution in [0.2, 0.25) is 0 Å². The van der Waals surface area contributed by atoms with E-state index >= 15 is 0 Å². The molecule has 4 atom stereocenters. The second kappa shape index (κ2) is 5.42. The largest absolute Gasteiger partial charge is 0.385 e. The van der Waals surface area contributed by atoms with Crippen molar-refractivity contribution < 1.29 is 9.90 Å². The summed E-state index contributed by atoms with van der Waals surface area (Å²) in [5, 5.41) is 11.2. The van der Waals surface area contributed by atoms with Gasteiger partial charge in [0.1, 0.15) is 0 Å². The first-order chi connectivity index (χ1) is 11.0. The van der Waals surface area contributed by atoms with Crippen LogP contribution in [0.15, 0.2) is 33.9 Å². The topological polar surface area (TPSA) is 37.3 Å². The van der Waals surface area contributed by atoms with E-state index in [-0.39, 0.29) is 5.41 Å². The third kappa shape index (κ3) is 2.19. The number of ketones is 1. The van der Waals surface area contributed by atoms with Gasteiger partial charge in [0.05, 0.1) is 5.60 Å². The van der Waals surface area contributed by atoms with Crippen molar-refractivity contribution in [1.82, 2.24) is 0 Å². The summed E-state index contributed by atoms with van der Waals surface area (Å²) >= 11 is 3.37. The molecule has 0 bridgehead atoms. The van der Waals surface area contributed by atoms with Crippen molar-refractivity contribution in [2.75, 3.05) is 0 Å². The molecule has 0 aliphatic heterocycles. The van der Waals surface area contributed by atoms with Gasteiger partial charge in [0.25, 0.3) is 0 Å². The molecular formula is C20H25BrO2. The molecule has 0 aromatic heterocycles. The Balaban J connectivity index is 1.73. The minimum absolute atomic E-state index is 0.0162. The number of aliphatic hydroxyl groups is 1. The average Bonchev–Trinajstić information content (AvgIpc) is 2.79. The zero-order valence-electron chi connectivity index (χ0n) is 13.8. The molecule has 0 aromatic rings. The van der Waals surface area contributed by atoms with Crippen molar-refractivity contribution in [3.05, 3.63) is 33.9 Å². The van der Waals surface area contributed by atoms with E-state index < -0.39 is 5.60 Å². The summed E-state index contributed by atoms with van der Waals surface area (Å²) in [5.74, 6) is 1.50. The van der Waals surface area contributed by atoms with Gasteiger partial charge < -0.3 is 5.11 Å². The number of allylic oxidation sites excluding steroid dienone is 4. The molecular weight excluding hydrogens is 352 g/mol. The molecule has 2 nitrogen and oxygen atoms in total. The van der Waals surface area contributed by atoms with Gasteiger partial charge >= 0.3 is 0 Å². The molecule has 0 amide bonds. The van der Waals surface area contributed by atoms with Crippen molar-refractivity contribution >= 4 is 21.7 Å². The Morgan fingerprint density at radius 2 is 2.04 bits per heavy atom. The van der Waals surface area contributed by atoms with Crippen molar-refractivity contribution in [3.8, 4) is 0 Å². The Labute approximate surface area is 146 Å². The van der Waals surface area contributed by atoms with E-state index in [9.17, 15) is 9.90 Å². The zero-order valence-corrected chi connectivity index (χ0v) is 15.4. The predicted octanol–water partition coefficient (Wildman–Crippen LogP) is 4.83. The van der Waals surface area contributed by atoms with Gasteiger partial charge in [0.15, 0.2) is 5.78 Å². The van der Waals surface area contributed by atoms with Gasteiger partial charge in [0, 0.05) is 11.8 Å². The smallest absolute Gasteiger partial charge is 0.156 e. The van der Waals surface area contributed by atoms with Crippen LogP contribution in [-0.2, 0) is 4.79 Å². The first kappa shape index (κ1) is 15.8. The standard InChI is InChI=1S/C20H25BrO2/c1-19-8-6-16-15-5-3-14(22)12-13(15)2-4-17(16)18(19)7-9-20(19,23)10-11-21/h10-12,17-18,23H,2-9H2,1H3/t17-,18+,19+,20-/m1/s1. The summed E-state index contributed by atoms with van der Waals surface area (Å²) in [7, 11) is 0. The highest BCUT2D eigenvalue weighted by Gasteiger charge is 2.59. The van der Waals surface area contributed by atoms with Crippen molar-refractivity contribution in [2.45, 2.75) is 63.9 Å². The van der Waals surface area contributed by atoms with E-state index in [2.05, 4.69) is 22.9 Å². The van der Waals surface area contributed by atoms with E-state index in [1.165, 1.54) is 11.1 Å². The van der Waals surface area contributed by atoms with Gasteiger partial charge in [-0.2, -0.15) is 0 Å². The molecule has 23 heavy (non-hydrogen) atoms. The molecule has 2 saturated carbocycles. The quantitative estimate of drug-likeness (QED) is 0.711. The van der Waals surface area contributed by atoms with Gasteiger partial charge in [-0.05, 0) is 85.1 Å². The van der Waals surface area contributed by atoms with Crippen LogP contribution in [0, 0.1) is 17.3 Å². The number of fused-ring (bicyclic) bond motifs is 4. The van der Waals surface area contributed by atoms with Gasteiger partial charge in [-0.1, -0.05) is 28.4 Å². The number of halogens is 1. The lowest BCUT2D eigenvalue weighted by Gasteiger charge is -2.51. The van der Waals surface area contributed by atoms with E-state index in [1.54, 1.807) is 5.57 Å². The van der Waals surface area contributed by atoms with Gasteiger partial charge in [-0.25, -0.2) is 0 Å². The summed E-state index contributed by atoms with van der Waals surface area (Å²) < 4.78 is 0. The lowest BCUT2D eigenvalue weighted by molar-refractivity contribution is -0.114. The number of rotatable bonds is 1. The highest BCUT2D eigenvalue weighted by molar-refractivity contribution is 9.11.